The second-order valence-electron chi connectivity index (χ2n) is 7.33. The van der Waals surface area contributed by atoms with E-state index in [0.717, 1.165) is 49.1 Å². The van der Waals surface area contributed by atoms with Gasteiger partial charge in [0.05, 0.1) is 6.54 Å². The highest BCUT2D eigenvalue weighted by Crippen LogP contribution is 2.30. The zero-order valence-corrected chi connectivity index (χ0v) is 14.8. The Bertz CT molecular complexity index is 879. The number of fused-ring (bicyclic) bond motifs is 1. The minimum absolute atomic E-state index is 0.670. The van der Waals surface area contributed by atoms with E-state index in [-0.39, 0.29) is 0 Å². The molecule has 7 nitrogen and oxygen atoms in total. The molecule has 2 fully saturated rings. The Morgan fingerprint density at radius 2 is 1.77 bits per heavy atom. The maximum atomic E-state index is 4.53. The van der Waals surface area contributed by atoms with Gasteiger partial charge in [0.1, 0.15) is 6.33 Å². The third-order valence-electron chi connectivity index (χ3n) is 5.34. The van der Waals surface area contributed by atoms with Gasteiger partial charge in [-0.25, -0.2) is 14.6 Å². The zero-order valence-electron chi connectivity index (χ0n) is 14.8. The fourth-order valence-electron chi connectivity index (χ4n) is 3.68. The maximum Gasteiger partial charge on any atom is 0.184 e. The van der Waals surface area contributed by atoms with Gasteiger partial charge in [0, 0.05) is 32.7 Å². The van der Waals surface area contributed by atoms with Crippen LogP contribution < -0.4 is 4.90 Å². The van der Waals surface area contributed by atoms with Crippen molar-refractivity contribution < 1.29 is 0 Å². The lowest BCUT2D eigenvalue weighted by atomic mass is 10.2. The molecule has 0 radical (unpaired) electrons. The highest BCUT2D eigenvalue weighted by Gasteiger charge is 2.27. The second kappa shape index (κ2) is 6.64. The first-order valence-corrected chi connectivity index (χ1v) is 9.42. The van der Waals surface area contributed by atoms with Gasteiger partial charge in [-0.15, -0.1) is 5.10 Å². The molecule has 1 saturated carbocycles. The van der Waals surface area contributed by atoms with Crippen LogP contribution >= 0.6 is 0 Å². The molecule has 0 N–H and O–H groups in total. The monoisotopic (exact) mass is 349 g/mol. The van der Waals surface area contributed by atoms with E-state index in [9.17, 15) is 0 Å². The molecule has 0 spiro atoms. The molecule has 0 atom stereocenters. The van der Waals surface area contributed by atoms with Crippen LogP contribution in [0.3, 0.4) is 0 Å². The van der Waals surface area contributed by atoms with Crippen LogP contribution in [0, 0.1) is 5.92 Å². The molecule has 2 aliphatic rings. The van der Waals surface area contributed by atoms with E-state index < -0.39 is 0 Å². The van der Waals surface area contributed by atoms with E-state index in [1.54, 1.807) is 6.33 Å². The number of nitrogens with zero attached hydrogens (tertiary/aromatic N) is 7. The van der Waals surface area contributed by atoms with Crippen LogP contribution in [-0.2, 0) is 6.54 Å². The van der Waals surface area contributed by atoms with Gasteiger partial charge >= 0.3 is 0 Å². The van der Waals surface area contributed by atoms with Gasteiger partial charge in [0.25, 0.3) is 0 Å². The van der Waals surface area contributed by atoms with Gasteiger partial charge in [-0.2, -0.15) is 0 Å². The quantitative estimate of drug-likeness (QED) is 0.700. The number of piperazine rings is 1. The van der Waals surface area contributed by atoms with Gasteiger partial charge in [-0.3, -0.25) is 4.90 Å². The van der Waals surface area contributed by atoms with E-state index in [0.29, 0.717) is 6.54 Å². The predicted octanol–water partition coefficient (Wildman–Crippen LogP) is 1.80. The van der Waals surface area contributed by atoms with Crippen molar-refractivity contribution in [1.29, 1.82) is 0 Å². The van der Waals surface area contributed by atoms with Gasteiger partial charge in [-0.1, -0.05) is 35.5 Å². The van der Waals surface area contributed by atoms with Gasteiger partial charge < -0.3 is 4.90 Å². The maximum absolute atomic E-state index is 4.53. The third-order valence-corrected chi connectivity index (χ3v) is 5.34. The van der Waals surface area contributed by atoms with Gasteiger partial charge in [0.2, 0.25) is 0 Å². The first-order valence-electron chi connectivity index (χ1n) is 9.42. The molecule has 7 heteroatoms. The largest absolute Gasteiger partial charge is 0.352 e. The summed E-state index contributed by atoms with van der Waals surface area (Å²) in [6.45, 7) is 6.11. The first-order chi connectivity index (χ1) is 12.9. The highest BCUT2D eigenvalue weighted by molar-refractivity contribution is 5.82. The molecular formula is C19H23N7. The number of anilines is 1. The van der Waals surface area contributed by atoms with E-state index in [2.05, 4.69) is 42.2 Å². The molecule has 0 unspecified atom stereocenters. The summed E-state index contributed by atoms with van der Waals surface area (Å²) in [7, 11) is 0. The molecule has 0 amide bonds. The molecule has 1 aromatic carbocycles. The number of rotatable bonds is 5. The van der Waals surface area contributed by atoms with Crippen molar-refractivity contribution in [1.82, 2.24) is 29.9 Å². The van der Waals surface area contributed by atoms with Crippen molar-refractivity contribution in [3.05, 3.63) is 42.2 Å². The summed E-state index contributed by atoms with van der Waals surface area (Å²) in [6, 6.07) is 10.3. The molecule has 134 valence electrons. The predicted molar refractivity (Wildman–Crippen MR) is 100 cm³/mol. The van der Waals surface area contributed by atoms with Crippen molar-refractivity contribution in [2.24, 2.45) is 5.92 Å². The molecule has 2 aromatic heterocycles. The lowest BCUT2D eigenvalue weighted by Gasteiger charge is -2.35. The van der Waals surface area contributed by atoms with E-state index in [4.69, 9.17) is 0 Å². The Balaban J connectivity index is 1.35. The highest BCUT2D eigenvalue weighted by atomic mass is 15.5. The van der Waals surface area contributed by atoms with Crippen molar-refractivity contribution in [3.63, 3.8) is 0 Å². The summed E-state index contributed by atoms with van der Waals surface area (Å²) in [5.41, 5.74) is 2.80. The Morgan fingerprint density at radius 3 is 2.54 bits per heavy atom. The molecule has 0 bridgehead atoms. The molecule has 1 saturated heterocycles. The second-order valence-corrected chi connectivity index (χ2v) is 7.33. The molecule has 26 heavy (non-hydrogen) atoms. The van der Waals surface area contributed by atoms with Crippen LogP contribution in [0.5, 0.6) is 0 Å². The average molecular weight is 349 g/mol. The van der Waals surface area contributed by atoms with Crippen LogP contribution in [0.4, 0.5) is 5.82 Å². The van der Waals surface area contributed by atoms with Crippen molar-refractivity contribution in [2.45, 2.75) is 19.4 Å². The first kappa shape index (κ1) is 15.7. The lowest BCUT2D eigenvalue weighted by Crippen LogP contribution is -2.47. The number of hydrogen-bond donors (Lipinski definition) is 0. The molecule has 5 rings (SSSR count). The Hall–Kier alpha value is -2.54. The topological polar surface area (TPSA) is 63.0 Å². The lowest BCUT2D eigenvalue weighted by molar-refractivity contribution is 0.248. The van der Waals surface area contributed by atoms with Crippen LogP contribution in [-0.4, -0.2) is 62.6 Å². The summed E-state index contributed by atoms with van der Waals surface area (Å²) >= 11 is 0. The number of aromatic nitrogens is 5. The van der Waals surface area contributed by atoms with E-state index in [1.807, 2.05) is 22.9 Å². The van der Waals surface area contributed by atoms with Crippen LogP contribution in [0.1, 0.15) is 18.4 Å². The third kappa shape index (κ3) is 3.14. The van der Waals surface area contributed by atoms with Crippen LogP contribution in [0.25, 0.3) is 11.2 Å². The Kier molecular flexibility index (Phi) is 4.01. The normalized spacial score (nSPS) is 18.5. The van der Waals surface area contributed by atoms with Crippen LogP contribution in [0.2, 0.25) is 0 Å². The summed E-state index contributed by atoms with van der Waals surface area (Å²) in [5, 5.41) is 8.74. The Labute approximate surface area is 152 Å². The fraction of sp³-hybridized carbons (Fsp3) is 0.474. The Morgan fingerprint density at radius 1 is 0.962 bits per heavy atom. The smallest absolute Gasteiger partial charge is 0.184 e. The van der Waals surface area contributed by atoms with Crippen LogP contribution in [0.15, 0.2) is 36.7 Å². The summed E-state index contributed by atoms with van der Waals surface area (Å²) in [4.78, 5) is 13.9. The molecule has 3 heterocycles. The fourth-order valence-corrected chi connectivity index (χ4v) is 3.68. The minimum atomic E-state index is 0.670. The molecular weight excluding hydrogens is 326 g/mol. The van der Waals surface area contributed by atoms with Crippen molar-refractivity contribution in [3.8, 4) is 0 Å². The molecule has 1 aliphatic carbocycles. The van der Waals surface area contributed by atoms with E-state index >= 15 is 0 Å². The van der Waals surface area contributed by atoms with Gasteiger partial charge in [-0.05, 0) is 24.3 Å². The summed E-state index contributed by atoms with van der Waals surface area (Å²) in [6.07, 6.45) is 4.47. The average Bonchev–Trinajstić information content (AvgIpc) is 3.42. The van der Waals surface area contributed by atoms with Crippen molar-refractivity contribution >= 4 is 17.0 Å². The molecule has 1 aliphatic heterocycles. The van der Waals surface area contributed by atoms with E-state index in [1.165, 1.54) is 24.9 Å². The SMILES string of the molecule is c1ccc(Cn2nnc3c(N4CCN(CC5CC5)CC4)ncnc32)cc1. The summed E-state index contributed by atoms with van der Waals surface area (Å²) in [5.74, 6) is 1.87. The van der Waals surface area contributed by atoms with Crippen molar-refractivity contribution in [2.75, 3.05) is 37.6 Å². The molecule has 3 aromatic rings. The number of hydrogen-bond acceptors (Lipinski definition) is 6. The standard InChI is InChI=1S/C19H23N7/c1-2-4-15(5-3-1)13-26-19-17(22-23-26)18(20-14-21-19)25-10-8-24(9-11-25)12-16-6-7-16/h1-5,14,16H,6-13H2. The number of benzene rings is 1. The zero-order chi connectivity index (χ0) is 17.3. The van der Waals surface area contributed by atoms with Gasteiger partial charge in [0.15, 0.2) is 17.0 Å². The minimum Gasteiger partial charge on any atom is -0.352 e. The summed E-state index contributed by atoms with van der Waals surface area (Å²) < 4.78 is 1.86.